The zero-order chi connectivity index (χ0) is 85.4. The fraction of sp³-hybridized carbons (Fsp3) is 0.455. The monoisotopic (exact) mass is 1920 g/mol. The lowest BCUT2D eigenvalue weighted by atomic mass is 9.79. The average Bonchev–Trinajstić information content (AvgIpc) is 1.58. The molecule has 638 valence electrons. The van der Waals surface area contributed by atoms with Gasteiger partial charge in [0.1, 0.15) is 50.9 Å². The molecule has 0 radical (unpaired) electrons. The summed E-state index contributed by atoms with van der Waals surface area (Å²) < 4.78 is 80.7. The lowest BCUT2D eigenvalue weighted by Crippen LogP contribution is -2.41. The van der Waals surface area contributed by atoms with E-state index in [9.17, 15) is 8.42 Å². The van der Waals surface area contributed by atoms with Crippen LogP contribution in [0.25, 0.3) is 67.8 Å². The van der Waals surface area contributed by atoms with Crippen molar-refractivity contribution in [3.63, 3.8) is 0 Å². The molecule has 21 rings (SSSR count). The second-order valence-corrected chi connectivity index (χ2v) is 39.6. The predicted octanol–water partition coefficient (Wildman–Crippen LogP) is 18.5. The molecule has 7 unspecified atom stereocenters. The zero-order valence-electron chi connectivity index (χ0n) is 70.6. The number of rotatable bonds is 12. The maximum Gasteiger partial charge on any atom is 0.498 e. The summed E-state index contributed by atoms with van der Waals surface area (Å²) in [5, 5.41) is 17.3. The summed E-state index contributed by atoms with van der Waals surface area (Å²) in [5.41, 5.74) is 13.4. The van der Waals surface area contributed by atoms with Crippen LogP contribution in [0.2, 0.25) is 0 Å². The van der Waals surface area contributed by atoms with Crippen LogP contribution in [-0.2, 0) is 42.9 Å². The van der Waals surface area contributed by atoms with E-state index in [1.807, 2.05) is 150 Å². The Balaban J connectivity index is 0.000000112. The van der Waals surface area contributed by atoms with Gasteiger partial charge in [0, 0.05) is 141 Å². The Morgan fingerprint density at radius 3 is 1.37 bits per heavy atom. The number of pyridine rings is 6. The van der Waals surface area contributed by atoms with Crippen LogP contribution in [-0.4, -0.2) is 159 Å². The van der Waals surface area contributed by atoms with E-state index < -0.39 is 17.1 Å². The molecule has 19 heterocycles. The largest absolute Gasteiger partial charge is 0.498 e. The molecular weight excluding hydrogens is 1830 g/mol. The van der Waals surface area contributed by atoms with E-state index >= 15 is 0 Å². The van der Waals surface area contributed by atoms with Gasteiger partial charge in [0.15, 0.2) is 0 Å². The molecule has 34 heteroatoms. The highest BCUT2D eigenvalue weighted by atomic mass is 79.9. The van der Waals surface area contributed by atoms with E-state index in [0.717, 1.165) is 178 Å². The van der Waals surface area contributed by atoms with Gasteiger partial charge in [0.05, 0.1) is 87.6 Å². The van der Waals surface area contributed by atoms with Gasteiger partial charge < -0.3 is 42.0 Å². The van der Waals surface area contributed by atoms with Crippen molar-refractivity contribution in [3.05, 3.63) is 200 Å². The van der Waals surface area contributed by atoms with Gasteiger partial charge >= 0.3 is 14.2 Å². The number of aryl methyl sites for hydroxylation is 2. The van der Waals surface area contributed by atoms with Crippen LogP contribution in [0.15, 0.2) is 177 Å². The summed E-state index contributed by atoms with van der Waals surface area (Å²) in [5.74, 6) is 3.59. The van der Waals surface area contributed by atoms with E-state index in [1.165, 1.54) is 69.6 Å². The molecule has 12 aromatic rings. The first-order valence-corrected chi connectivity index (χ1v) is 47.0. The first-order valence-electron chi connectivity index (χ1n) is 42.0. The molecule has 122 heavy (non-hydrogen) atoms. The number of imidazole rings is 2. The van der Waals surface area contributed by atoms with Gasteiger partial charge in [-0.1, -0.05) is 44.0 Å². The van der Waals surface area contributed by atoms with Crippen molar-refractivity contribution in [2.45, 2.75) is 231 Å². The first-order chi connectivity index (χ1) is 58.5. The van der Waals surface area contributed by atoms with Gasteiger partial charge in [0.25, 0.3) is 10.0 Å². The highest BCUT2D eigenvalue weighted by molar-refractivity contribution is 9.11. The molecule has 0 aromatic carbocycles. The van der Waals surface area contributed by atoms with Gasteiger partial charge in [0.2, 0.25) is 0 Å². The van der Waals surface area contributed by atoms with Crippen molar-refractivity contribution >= 4 is 98.9 Å². The third-order valence-electron chi connectivity index (χ3n) is 24.6. The van der Waals surface area contributed by atoms with Crippen molar-refractivity contribution in [2.24, 2.45) is 0 Å². The molecule has 7 atom stereocenters. The number of ether oxygens (including phenoxy) is 3. The molecule has 4 bridgehead atoms. The van der Waals surface area contributed by atoms with Crippen LogP contribution in [0.1, 0.15) is 217 Å². The number of nitrogens with zero attached hydrogens (tertiary/aromatic N) is 18. The van der Waals surface area contributed by atoms with Gasteiger partial charge in [-0.3, -0.25) is 24.9 Å². The van der Waals surface area contributed by atoms with Crippen molar-refractivity contribution < 1.29 is 41.2 Å². The second kappa shape index (κ2) is 36.8. The number of aromatic nitrogens is 18. The highest BCUT2D eigenvalue weighted by Gasteiger charge is 2.54. The normalized spacial score (nSPS) is 22.3. The van der Waals surface area contributed by atoms with E-state index in [4.69, 9.17) is 47.8 Å². The molecule has 0 N–H and O–H groups in total. The fourth-order valence-corrected chi connectivity index (χ4v) is 19.3. The van der Waals surface area contributed by atoms with Gasteiger partial charge in [-0.15, -0.1) is 0 Å². The van der Waals surface area contributed by atoms with Crippen LogP contribution >= 0.6 is 63.7 Å². The SMILES string of the molecule is Brc1ccnc(-c2cnn(C3CCCCO3)c2)c1.Brc1ccnc(Br)c1.CC1(C)OB(c2ccnc(-c3cnn(C4CCCCO4)c3)c2)OC1(C)C.CC1(C)OB(c2cnn(C3CCCCO3)c2)OC1(C)C.Cc1cccc(-c2nc3n(c2-c2ccnc(-c4cnn(S(C)(=O)=O)c4)c2)C2CCC3C2)n1.Cc1cccc(-c2nc3n(c2Br)C2CCC3C2)n1. The molecule has 0 amide bonds. The van der Waals surface area contributed by atoms with Crippen LogP contribution in [0.3, 0.4) is 0 Å². The topological polar surface area (TPSA) is 283 Å². The quantitative estimate of drug-likeness (QED) is 0.0811. The molecule has 12 aromatic heterocycles. The van der Waals surface area contributed by atoms with Crippen molar-refractivity contribution in [1.29, 1.82) is 0 Å². The Morgan fingerprint density at radius 1 is 0.426 bits per heavy atom. The van der Waals surface area contributed by atoms with Gasteiger partial charge in [-0.25, -0.2) is 37.4 Å². The smallest absolute Gasteiger partial charge is 0.399 e. The molecule has 5 saturated heterocycles. The molecule has 0 spiro atoms. The summed E-state index contributed by atoms with van der Waals surface area (Å²) >= 11 is 13.7. The molecule has 27 nitrogen and oxygen atoms in total. The predicted molar refractivity (Wildman–Crippen MR) is 482 cm³/mol. The van der Waals surface area contributed by atoms with E-state index in [-0.39, 0.29) is 48.2 Å². The third-order valence-corrected chi connectivity index (χ3v) is 27.7. The molecule has 9 aliphatic rings. The fourth-order valence-electron chi connectivity index (χ4n) is 16.7. The van der Waals surface area contributed by atoms with E-state index in [1.54, 1.807) is 24.8 Å². The zero-order valence-corrected chi connectivity index (χ0v) is 77.7. The molecule has 2 saturated carbocycles. The molecule has 7 fully saturated rings. The van der Waals surface area contributed by atoms with Crippen LogP contribution in [0.5, 0.6) is 0 Å². The van der Waals surface area contributed by atoms with Crippen LogP contribution < -0.4 is 10.9 Å². The average molecular weight is 1930 g/mol. The minimum atomic E-state index is -3.45. The first kappa shape index (κ1) is 87.4. The lowest BCUT2D eigenvalue weighted by molar-refractivity contribution is -0.0395. The van der Waals surface area contributed by atoms with E-state index in [0.29, 0.717) is 35.2 Å². The maximum absolute atomic E-state index is 11.8. The van der Waals surface area contributed by atoms with E-state index in [2.05, 4.69) is 174 Å². The summed E-state index contributed by atoms with van der Waals surface area (Å²) in [6.45, 7) is 22.9. The Bertz CT molecular complexity index is 5750. The van der Waals surface area contributed by atoms with Gasteiger partial charge in [-0.05, 0) is 276 Å². The summed E-state index contributed by atoms with van der Waals surface area (Å²) in [7, 11) is -4.19. The Hall–Kier alpha value is -8.12. The Morgan fingerprint density at radius 2 is 0.877 bits per heavy atom. The minimum absolute atomic E-state index is 0.0313. The number of hydrogen-bond donors (Lipinski definition) is 0. The highest BCUT2D eigenvalue weighted by Crippen LogP contribution is 2.54. The Kier molecular flexibility index (Phi) is 26.4. The minimum Gasteiger partial charge on any atom is -0.399 e. The second-order valence-electron chi connectivity index (χ2n) is 34.4. The van der Waals surface area contributed by atoms with Crippen molar-refractivity contribution in [3.8, 4) is 67.8 Å². The van der Waals surface area contributed by atoms with Crippen LogP contribution in [0.4, 0.5) is 0 Å². The summed E-state index contributed by atoms with van der Waals surface area (Å²) in [6, 6.07) is 28.8. The molecular formula is C88H102B2Br4N18O9S. The number of hydrogen-bond acceptors (Lipinski definition) is 21. The van der Waals surface area contributed by atoms with Gasteiger partial charge in [-0.2, -0.15) is 24.5 Å². The summed E-state index contributed by atoms with van der Waals surface area (Å²) in [6.07, 6.45) is 40.3. The van der Waals surface area contributed by atoms with Crippen molar-refractivity contribution in [1.82, 2.24) is 87.5 Å². The Labute approximate surface area is 746 Å². The summed E-state index contributed by atoms with van der Waals surface area (Å²) in [4.78, 5) is 36.5. The molecule has 7 aliphatic heterocycles. The maximum atomic E-state index is 11.8. The van der Waals surface area contributed by atoms with Crippen molar-refractivity contribution in [2.75, 3.05) is 26.1 Å². The lowest BCUT2D eigenvalue weighted by Gasteiger charge is -2.32. The standard InChI is InChI=1S/C23H22N6O2S.C19H26BN3O3.C14H23BN2O3.C14H14BrN3.C13H14BrN3O.C5H3Br2N/c1-14-4-3-5-19(26-14)21-22(29-18-7-6-16(10-18)23(29)27-21)15-8-9-24-20(11-15)17-12-25-28(13-17)32(2,30)31;1-18(2)19(3,4)26-20(25-18)15-8-9-21-16(11-15)14-12-22-23(13-14)17-7-5-6-10-24-17;1-13(2)14(3,4)20-15(19-13)11-9-16-17(10-11)12-7-5-6-8-18-12;1-8-3-2-4-11(16-8)12-13(15)18-10-6-5-9(7-10)14(18)17-12;14-11-4-5-15-12(7-11)10-8-16-17(9-10)13-3-1-2-6-18-13;6-4-1-2-8-5(7)3-4/h3-5,8-9,11-13,16,18H,6-7,10H2,1-2H3;8-9,11-13,17H,5-7,10H2,1-4H3;9-10,12H,5-8H2,1-4H3;2-4,9-10H,5-7H2,1H3;4-5,7-9,13H,1-3,6H2;1-3H. The van der Waals surface area contributed by atoms with Crippen LogP contribution in [0, 0.1) is 13.8 Å². The number of halogens is 4. The number of fused-ring (bicyclic) bond motifs is 10. The third kappa shape index (κ3) is 19.5. The molecule has 2 aliphatic carbocycles.